The molecule has 1 saturated heterocycles. The molecule has 1 aliphatic rings. The molecule has 1 aliphatic heterocycles. The fraction of sp³-hybridized carbons (Fsp3) is 0.304. The van der Waals surface area contributed by atoms with E-state index in [9.17, 15) is 4.79 Å². The Balaban J connectivity index is 1.32. The zero-order valence-corrected chi connectivity index (χ0v) is 16.4. The molecule has 6 heteroatoms. The largest absolute Gasteiger partial charge is 0.497 e. The third-order valence-corrected chi connectivity index (χ3v) is 5.22. The standard InChI is InChI=1S/C23H24N2O4/c1-27-19-8-6-18(7-9-19)16-28-20-10-4-17(5-11-20)15-23(26)25-13-2-3-22(25)21-12-14-29-24-21/h4-12,14,22H,2-3,13,15-16H2,1H3. The van der Waals surface area contributed by atoms with Gasteiger partial charge in [0.2, 0.25) is 5.91 Å². The van der Waals surface area contributed by atoms with Gasteiger partial charge in [-0.25, -0.2) is 0 Å². The van der Waals surface area contributed by atoms with Gasteiger partial charge in [0.1, 0.15) is 30.1 Å². The fourth-order valence-corrected chi connectivity index (χ4v) is 3.63. The van der Waals surface area contributed by atoms with Crippen molar-refractivity contribution in [3.05, 3.63) is 77.7 Å². The SMILES string of the molecule is COc1ccc(COc2ccc(CC(=O)N3CCCC3c3ccon3)cc2)cc1. The number of amides is 1. The van der Waals surface area contributed by atoms with Crippen molar-refractivity contribution in [3.8, 4) is 11.5 Å². The van der Waals surface area contributed by atoms with Crippen LogP contribution in [0.25, 0.3) is 0 Å². The monoisotopic (exact) mass is 392 g/mol. The van der Waals surface area contributed by atoms with E-state index in [1.165, 1.54) is 0 Å². The van der Waals surface area contributed by atoms with Crippen LogP contribution in [0.1, 0.15) is 35.7 Å². The Kier molecular flexibility index (Phi) is 5.79. The maximum Gasteiger partial charge on any atom is 0.227 e. The quantitative estimate of drug-likeness (QED) is 0.604. The summed E-state index contributed by atoms with van der Waals surface area (Å²) in [6, 6.07) is 17.4. The van der Waals surface area contributed by atoms with Crippen LogP contribution >= 0.6 is 0 Å². The molecule has 0 aliphatic carbocycles. The number of hydrogen-bond donors (Lipinski definition) is 0. The molecular weight excluding hydrogens is 368 g/mol. The van der Waals surface area contributed by atoms with Crippen molar-refractivity contribution < 1.29 is 18.8 Å². The molecule has 150 valence electrons. The summed E-state index contributed by atoms with van der Waals surface area (Å²) in [5.74, 6) is 1.72. The van der Waals surface area contributed by atoms with E-state index in [4.69, 9.17) is 14.0 Å². The topological polar surface area (TPSA) is 64.8 Å². The number of hydrogen-bond acceptors (Lipinski definition) is 5. The molecule has 1 unspecified atom stereocenters. The number of nitrogens with zero attached hydrogens (tertiary/aromatic N) is 2. The van der Waals surface area contributed by atoms with Crippen LogP contribution in [-0.2, 0) is 17.8 Å². The van der Waals surface area contributed by atoms with E-state index >= 15 is 0 Å². The lowest BCUT2D eigenvalue weighted by Gasteiger charge is -2.23. The van der Waals surface area contributed by atoms with Gasteiger partial charge in [-0.15, -0.1) is 0 Å². The van der Waals surface area contributed by atoms with Crippen molar-refractivity contribution >= 4 is 5.91 Å². The van der Waals surface area contributed by atoms with Crippen LogP contribution in [0.3, 0.4) is 0 Å². The van der Waals surface area contributed by atoms with Crippen LogP contribution in [0.5, 0.6) is 11.5 Å². The second kappa shape index (κ2) is 8.82. The van der Waals surface area contributed by atoms with Gasteiger partial charge in [-0.3, -0.25) is 4.79 Å². The van der Waals surface area contributed by atoms with E-state index in [1.807, 2.05) is 59.5 Å². The lowest BCUT2D eigenvalue weighted by molar-refractivity contribution is -0.131. The maximum absolute atomic E-state index is 12.8. The molecule has 2 heterocycles. The summed E-state index contributed by atoms with van der Waals surface area (Å²) in [5, 5.41) is 4.01. The summed E-state index contributed by atoms with van der Waals surface area (Å²) < 4.78 is 15.9. The van der Waals surface area contributed by atoms with E-state index in [0.717, 1.165) is 47.7 Å². The lowest BCUT2D eigenvalue weighted by Crippen LogP contribution is -2.32. The molecule has 0 spiro atoms. The highest BCUT2D eigenvalue weighted by Crippen LogP contribution is 2.31. The predicted molar refractivity (Wildman–Crippen MR) is 108 cm³/mol. The minimum absolute atomic E-state index is 0.0216. The smallest absolute Gasteiger partial charge is 0.227 e. The van der Waals surface area contributed by atoms with Crippen LogP contribution < -0.4 is 9.47 Å². The average Bonchev–Trinajstić information content (AvgIpc) is 3.45. The Bertz CT molecular complexity index is 921. The Morgan fingerprint density at radius 1 is 1.07 bits per heavy atom. The molecular formula is C23H24N2O4. The minimum atomic E-state index is 0.0216. The third-order valence-electron chi connectivity index (χ3n) is 5.22. The molecule has 0 saturated carbocycles. The molecule has 0 radical (unpaired) electrons. The van der Waals surface area contributed by atoms with Gasteiger partial charge < -0.3 is 18.9 Å². The van der Waals surface area contributed by atoms with E-state index in [0.29, 0.717) is 13.0 Å². The van der Waals surface area contributed by atoms with Crippen LogP contribution in [-0.4, -0.2) is 29.6 Å². The molecule has 1 aromatic heterocycles. The van der Waals surface area contributed by atoms with E-state index < -0.39 is 0 Å². The number of rotatable bonds is 7. The Morgan fingerprint density at radius 3 is 2.48 bits per heavy atom. The van der Waals surface area contributed by atoms with Gasteiger partial charge in [0, 0.05) is 12.6 Å². The predicted octanol–water partition coefficient (Wildman–Crippen LogP) is 4.17. The molecule has 1 fully saturated rings. The zero-order chi connectivity index (χ0) is 20.1. The first-order chi connectivity index (χ1) is 14.2. The fourth-order valence-electron chi connectivity index (χ4n) is 3.63. The normalized spacial score (nSPS) is 16.0. The number of carbonyl (C=O) groups excluding carboxylic acids is 1. The molecule has 6 nitrogen and oxygen atoms in total. The molecule has 0 N–H and O–H groups in total. The van der Waals surface area contributed by atoms with Crippen molar-refractivity contribution in [1.82, 2.24) is 10.1 Å². The van der Waals surface area contributed by atoms with Crippen molar-refractivity contribution in [2.75, 3.05) is 13.7 Å². The van der Waals surface area contributed by atoms with Gasteiger partial charge >= 0.3 is 0 Å². The van der Waals surface area contributed by atoms with Gasteiger partial charge in [0.15, 0.2) is 0 Å². The van der Waals surface area contributed by atoms with E-state index in [2.05, 4.69) is 5.16 Å². The summed E-state index contributed by atoms with van der Waals surface area (Å²) in [5.41, 5.74) is 2.87. The number of methoxy groups -OCH3 is 1. The van der Waals surface area contributed by atoms with Crippen LogP contribution in [0.4, 0.5) is 0 Å². The number of carbonyl (C=O) groups is 1. The third kappa shape index (κ3) is 4.59. The van der Waals surface area contributed by atoms with Crippen molar-refractivity contribution in [3.63, 3.8) is 0 Å². The zero-order valence-electron chi connectivity index (χ0n) is 16.4. The first-order valence-corrected chi connectivity index (χ1v) is 9.77. The van der Waals surface area contributed by atoms with Gasteiger partial charge in [-0.1, -0.05) is 29.4 Å². The average molecular weight is 392 g/mol. The highest BCUT2D eigenvalue weighted by atomic mass is 16.5. The van der Waals surface area contributed by atoms with E-state index in [-0.39, 0.29) is 11.9 Å². The highest BCUT2D eigenvalue weighted by molar-refractivity contribution is 5.79. The summed E-state index contributed by atoms with van der Waals surface area (Å²) in [4.78, 5) is 14.7. The highest BCUT2D eigenvalue weighted by Gasteiger charge is 2.31. The summed E-state index contributed by atoms with van der Waals surface area (Å²) in [7, 11) is 1.65. The second-order valence-corrected chi connectivity index (χ2v) is 7.13. The van der Waals surface area contributed by atoms with Crippen molar-refractivity contribution in [2.45, 2.75) is 31.9 Å². The van der Waals surface area contributed by atoms with Crippen LogP contribution in [0, 0.1) is 0 Å². The Morgan fingerprint density at radius 2 is 1.79 bits per heavy atom. The van der Waals surface area contributed by atoms with Gasteiger partial charge in [-0.2, -0.15) is 0 Å². The molecule has 2 aromatic carbocycles. The Hall–Kier alpha value is -3.28. The van der Waals surface area contributed by atoms with Gasteiger partial charge in [-0.05, 0) is 48.2 Å². The molecule has 1 atom stereocenters. The van der Waals surface area contributed by atoms with Crippen LogP contribution in [0.2, 0.25) is 0 Å². The van der Waals surface area contributed by atoms with Gasteiger partial charge in [0.25, 0.3) is 0 Å². The summed E-state index contributed by atoms with van der Waals surface area (Å²) >= 11 is 0. The second-order valence-electron chi connectivity index (χ2n) is 7.13. The number of aromatic nitrogens is 1. The maximum atomic E-state index is 12.8. The molecule has 3 aromatic rings. The number of benzene rings is 2. The molecule has 29 heavy (non-hydrogen) atoms. The molecule has 1 amide bonds. The van der Waals surface area contributed by atoms with Crippen molar-refractivity contribution in [1.29, 1.82) is 0 Å². The molecule has 0 bridgehead atoms. The lowest BCUT2D eigenvalue weighted by atomic mass is 10.1. The minimum Gasteiger partial charge on any atom is -0.497 e. The molecule has 4 rings (SSSR count). The Labute approximate surface area is 170 Å². The number of likely N-dealkylation sites (tertiary alicyclic amines) is 1. The number of ether oxygens (including phenoxy) is 2. The van der Waals surface area contributed by atoms with E-state index in [1.54, 1.807) is 13.4 Å². The summed E-state index contributed by atoms with van der Waals surface area (Å²) in [6.07, 6.45) is 3.84. The van der Waals surface area contributed by atoms with Crippen molar-refractivity contribution in [2.24, 2.45) is 0 Å². The van der Waals surface area contributed by atoms with Gasteiger partial charge in [0.05, 0.1) is 19.6 Å². The first kappa shape index (κ1) is 19.1. The summed E-state index contributed by atoms with van der Waals surface area (Å²) in [6.45, 7) is 1.24. The van der Waals surface area contributed by atoms with Crippen LogP contribution in [0.15, 0.2) is 65.4 Å². The first-order valence-electron chi connectivity index (χ1n) is 9.77.